The van der Waals surface area contributed by atoms with Crippen molar-refractivity contribution in [2.75, 3.05) is 45.4 Å². The molecule has 0 radical (unpaired) electrons. The van der Waals surface area contributed by atoms with Gasteiger partial charge >= 0.3 is 0 Å². The van der Waals surface area contributed by atoms with Gasteiger partial charge in [-0.25, -0.2) is 0 Å². The minimum atomic E-state index is 0.381. The molecule has 0 spiro atoms. The summed E-state index contributed by atoms with van der Waals surface area (Å²) in [4.78, 5) is 2.12. The van der Waals surface area contributed by atoms with Crippen LogP contribution in [0.5, 0.6) is 11.5 Å². The highest BCUT2D eigenvalue weighted by atomic mass is 16.5. The third-order valence-electron chi connectivity index (χ3n) is 5.00. The van der Waals surface area contributed by atoms with Crippen LogP contribution in [-0.2, 0) is 4.74 Å². The molecule has 1 aliphatic heterocycles. The van der Waals surface area contributed by atoms with Crippen LogP contribution in [0.1, 0.15) is 11.4 Å². The SMILES string of the molecule is COc1cc(/C=C(\C#N)c2nnc(N3CCOCC3)n2-c2ccccc2)cc(OC)c1. The maximum atomic E-state index is 9.99. The monoisotopic (exact) mass is 417 g/mol. The number of ether oxygens (including phenoxy) is 3. The predicted molar refractivity (Wildman–Crippen MR) is 117 cm³/mol. The molecule has 31 heavy (non-hydrogen) atoms. The maximum Gasteiger partial charge on any atom is 0.232 e. The number of allylic oxidation sites excluding steroid dienone is 1. The molecule has 0 bridgehead atoms. The Bertz CT molecular complexity index is 1090. The molecule has 2 aromatic carbocycles. The van der Waals surface area contributed by atoms with Crippen molar-refractivity contribution in [3.8, 4) is 23.3 Å². The van der Waals surface area contributed by atoms with Crippen molar-refractivity contribution in [1.29, 1.82) is 5.26 Å². The number of hydrogen-bond acceptors (Lipinski definition) is 7. The van der Waals surface area contributed by atoms with E-state index in [0.717, 1.165) is 11.3 Å². The van der Waals surface area contributed by atoms with Gasteiger partial charge in [0, 0.05) is 19.2 Å². The van der Waals surface area contributed by atoms with Crippen LogP contribution in [0.15, 0.2) is 48.5 Å². The van der Waals surface area contributed by atoms with Crippen molar-refractivity contribution < 1.29 is 14.2 Å². The number of aromatic nitrogens is 3. The van der Waals surface area contributed by atoms with Gasteiger partial charge < -0.3 is 19.1 Å². The lowest BCUT2D eigenvalue weighted by atomic mass is 10.1. The van der Waals surface area contributed by atoms with E-state index < -0.39 is 0 Å². The van der Waals surface area contributed by atoms with Gasteiger partial charge in [-0.05, 0) is 35.9 Å². The minimum absolute atomic E-state index is 0.381. The number of benzene rings is 2. The summed E-state index contributed by atoms with van der Waals surface area (Å²) in [7, 11) is 3.18. The van der Waals surface area contributed by atoms with Crippen molar-refractivity contribution in [3.63, 3.8) is 0 Å². The summed E-state index contributed by atoms with van der Waals surface area (Å²) in [5.41, 5.74) is 2.03. The Morgan fingerprint density at radius 3 is 2.32 bits per heavy atom. The molecular formula is C23H23N5O3. The second-order valence-corrected chi connectivity index (χ2v) is 6.91. The first-order chi connectivity index (χ1) is 15.2. The fourth-order valence-corrected chi connectivity index (χ4v) is 3.46. The number of rotatable bonds is 6. The van der Waals surface area contributed by atoms with E-state index in [2.05, 4.69) is 21.2 Å². The number of para-hydroxylation sites is 1. The number of anilines is 1. The quantitative estimate of drug-likeness (QED) is 0.570. The van der Waals surface area contributed by atoms with Crippen LogP contribution < -0.4 is 14.4 Å². The van der Waals surface area contributed by atoms with Crippen molar-refractivity contribution in [1.82, 2.24) is 14.8 Å². The lowest BCUT2D eigenvalue weighted by Gasteiger charge is -2.28. The summed E-state index contributed by atoms with van der Waals surface area (Å²) in [5, 5.41) is 18.8. The van der Waals surface area contributed by atoms with E-state index in [-0.39, 0.29) is 0 Å². The first-order valence-electron chi connectivity index (χ1n) is 9.92. The van der Waals surface area contributed by atoms with E-state index in [9.17, 15) is 5.26 Å². The maximum absolute atomic E-state index is 9.99. The standard InChI is InChI=1S/C23H23N5O3/c1-29-20-13-17(14-21(15-20)30-2)12-18(16-24)22-25-26-23(27-8-10-31-11-9-27)28(22)19-6-4-3-5-7-19/h3-7,12-15H,8-11H2,1-2H3/b18-12+. The molecule has 0 aliphatic carbocycles. The summed E-state index contributed by atoms with van der Waals surface area (Å²) >= 11 is 0. The molecule has 2 heterocycles. The molecular weight excluding hydrogens is 394 g/mol. The lowest BCUT2D eigenvalue weighted by molar-refractivity contribution is 0.122. The molecule has 8 heteroatoms. The Morgan fingerprint density at radius 2 is 1.71 bits per heavy atom. The van der Waals surface area contributed by atoms with E-state index in [0.29, 0.717) is 55.1 Å². The van der Waals surface area contributed by atoms with Gasteiger partial charge in [0.15, 0.2) is 5.82 Å². The van der Waals surface area contributed by atoms with Crippen LogP contribution in [0.25, 0.3) is 17.3 Å². The van der Waals surface area contributed by atoms with Crippen molar-refractivity contribution in [3.05, 3.63) is 59.9 Å². The molecule has 0 atom stereocenters. The molecule has 158 valence electrons. The van der Waals surface area contributed by atoms with Crippen LogP contribution in [-0.4, -0.2) is 55.3 Å². The second kappa shape index (κ2) is 9.32. The minimum Gasteiger partial charge on any atom is -0.497 e. The van der Waals surface area contributed by atoms with Crippen LogP contribution in [0.3, 0.4) is 0 Å². The van der Waals surface area contributed by atoms with E-state index in [1.165, 1.54) is 0 Å². The average Bonchev–Trinajstić information content (AvgIpc) is 3.28. The number of nitrogens with zero attached hydrogens (tertiary/aromatic N) is 5. The zero-order chi connectivity index (χ0) is 21.6. The molecule has 1 fully saturated rings. The van der Waals surface area contributed by atoms with Gasteiger partial charge in [0.25, 0.3) is 0 Å². The van der Waals surface area contributed by atoms with Crippen molar-refractivity contribution >= 4 is 17.6 Å². The number of methoxy groups -OCH3 is 2. The Balaban J connectivity index is 1.83. The molecule has 1 saturated heterocycles. The largest absolute Gasteiger partial charge is 0.497 e. The summed E-state index contributed by atoms with van der Waals surface area (Å²) < 4.78 is 18.1. The van der Waals surface area contributed by atoms with Crippen LogP contribution in [0, 0.1) is 11.3 Å². The number of hydrogen-bond donors (Lipinski definition) is 0. The van der Waals surface area contributed by atoms with Crippen LogP contribution in [0.4, 0.5) is 5.95 Å². The Hall–Kier alpha value is -3.83. The van der Waals surface area contributed by atoms with Gasteiger partial charge in [0.1, 0.15) is 17.6 Å². The first kappa shape index (κ1) is 20.4. The van der Waals surface area contributed by atoms with Gasteiger partial charge in [-0.1, -0.05) is 18.2 Å². The third-order valence-corrected chi connectivity index (χ3v) is 5.00. The number of nitriles is 1. The van der Waals surface area contributed by atoms with Gasteiger partial charge in [-0.15, -0.1) is 10.2 Å². The van der Waals surface area contributed by atoms with E-state index in [4.69, 9.17) is 14.2 Å². The average molecular weight is 417 g/mol. The molecule has 0 N–H and O–H groups in total. The molecule has 1 aliphatic rings. The zero-order valence-corrected chi connectivity index (χ0v) is 17.5. The molecule has 0 unspecified atom stereocenters. The summed E-state index contributed by atoms with van der Waals surface area (Å²) in [6.45, 7) is 2.68. The van der Waals surface area contributed by atoms with Gasteiger partial charge in [0.2, 0.25) is 5.95 Å². The molecule has 0 amide bonds. The second-order valence-electron chi connectivity index (χ2n) is 6.91. The smallest absolute Gasteiger partial charge is 0.232 e. The molecule has 4 rings (SSSR count). The van der Waals surface area contributed by atoms with Crippen LogP contribution >= 0.6 is 0 Å². The molecule has 8 nitrogen and oxygen atoms in total. The predicted octanol–water partition coefficient (Wildman–Crippen LogP) is 3.19. The highest BCUT2D eigenvalue weighted by molar-refractivity contribution is 5.88. The first-order valence-corrected chi connectivity index (χ1v) is 9.92. The third kappa shape index (κ3) is 4.37. The van der Waals surface area contributed by atoms with Crippen LogP contribution in [0.2, 0.25) is 0 Å². The topological polar surface area (TPSA) is 85.4 Å². The van der Waals surface area contributed by atoms with Crippen molar-refractivity contribution in [2.45, 2.75) is 0 Å². The van der Waals surface area contributed by atoms with Gasteiger partial charge in [-0.3, -0.25) is 4.57 Å². The fourth-order valence-electron chi connectivity index (χ4n) is 3.46. The Morgan fingerprint density at radius 1 is 1.03 bits per heavy atom. The van der Waals surface area contributed by atoms with Gasteiger partial charge in [-0.2, -0.15) is 5.26 Å². The normalized spacial score (nSPS) is 14.2. The van der Waals surface area contributed by atoms with Gasteiger partial charge in [0.05, 0.1) is 38.7 Å². The zero-order valence-electron chi connectivity index (χ0n) is 17.5. The molecule has 3 aromatic rings. The number of morpholine rings is 1. The molecule has 0 saturated carbocycles. The summed E-state index contributed by atoms with van der Waals surface area (Å²) in [6, 6.07) is 17.5. The van der Waals surface area contributed by atoms with E-state index in [1.54, 1.807) is 26.4 Å². The Kier molecular flexibility index (Phi) is 6.15. The lowest BCUT2D eigenvalue weighted by Crippen LogP contribution is -2.38. The fraction of sp³-hybridized carbons (Fsp3) is 0.261. The molecule has 1 aromatic heterocycles. The van der Waals surface area contributed by atoms with E-state index >= 15 is 0 Å². The summed E-state index contributed by atoms with van der Waals surface area (Å²) in [6.07, 6.45) is 1.76. The summed E-state index contributed by atoms with van der Waals surface area (Å²) in [5.74, 6) is 2.44. The highest BCUT2D eigenvalue weighted by Gasteiger charge is 2.23. The highest BCUT2D eigenvalue weighted by Crippen LogP contribution is 2.29. The van der Waals surface area contributed by atoms with Crippen molar-refractivity contribution in [2.24, 2.45) is 0 Å². The van der Waals surface area contributed by atoms with E-state index in [1.807, 2.05) is 47.0 Å². The Labute approximate surface area is 180 Å².